The Balaban J connectivity index is 2.18. The minimum atomic E-state index is 0.486. The molecule has 2 rings (SSSR count). The zero-order valence-electron chi connectivity index (χ0n) is 13.3. The Morgan fingerprint density at radius 2 is 1.90 bits per heavy atom. The molecule has 0 aromatic heterocycles. The zero-order valence-corrected chi connectivity index (χ0v) is 16.3. The van der Waals surface area contributed by atoms with Gasteiger partial charge in [0.1, 0.15) is 0 Å². The number of rotatable bonds is 1. The van der Waals surface area contributed by atoms with Gasteiger partial charge < -0.3 is 4.90 Å². The van der Waals surface area contributed by atoms with Crippen molar-refractivity contribution in [2.24, 2.45) is 5.92 Å². The van der Waals surface area contributed by atoms with Crippen LogP contribution in [0.2, 0.25) is 0 Å². The molecule has 2 fully saturated rings. The highest BCUT2D eigenvalue weighted by Gasteiger charge is 2.38. The third-order valence-corrected chi connectivity index (χ3v) is 6.51. The summed E-state index contributed by atoms with van der Waals surface area (Å²) in [5.41, 5.74) is 0. The van der Waals surface area contributed by atoms with E-state index in [2.05, 4.69) is 48.3 Å². The van der Waals surface area contributed by atoms with Gasteiger partial charge in [0.25, 0.3) is 0 Å². The van der Waals surface area contributed by atoms with Crippen molar-refractivity contribution in [1.82, 2.24) is 4.90 Å². The Kier molecular flexibility index (Phi) is 6.16. The van der Waals surface area contributed by atoms with Crippen LogP contribution in [0.5, 0.6) is 0 Å². The molecule has 3 unspecified atom stereocenters. The number of thiocarbonyl (C=S) groups is 1. The second-order valence-electron chi connectivity index (χ2n) is 7.33. The average molecular weight is 407 g/mol. The van der Waals surface area contributed by atoms with Crippen LogP contribution in [0, 0.1) is 5.92 Å². The van der Waals surface area contributed by atoms with Crippen LogP contribution in [0.15, 0.2) is 0 Å². The largest absolute Gasteiger partial charge is 0.360 e. The smallest absolute Gasteiger partial charge is 0.0784 e. The molecule has 0 aromatic carbocycles. The molecule has 1 saturated heterocycles. The maximum absolute atomic E-state index is 5.69. The minimum Gasteiger partial charge on any atom is -0.360 e. The molecule has 0 N–H and O–H groups in total. The van der Waals surface area contributed by atoms with Crippen LogP contribution in [0.3, 0.4) is 0 Å². The molecular formula is C17H30INS. The highest BCUT2D eigenvalue weighted by molar-refractivity contribution is 14.1. The van der Waals surface area contributed by atoms with Gasteiger partial charge in [-0.2, -0.15) is 0 Å². The lowest BCUT2D eigenvalue weighted by atomic mass is 9.78. The zero-order chi connectivity index (χ0) is 14.8. The molecule has 1 heterocycles. The lowest BCUT2D eigenvalue weighted by Crippen LogP contribution is -2.52. The SMILES string of the molecule is CC(C)N1C(=S)CCC2CC(C)(I)CCCCCCC21. The normalized spacial score (nSPS) is 36.9. The predicted molar refractivity (Wildman–Crippen MR) is 101 cm³/mol. The van der Waals surface area contributed by atoms with Crippen molar-refractivity contribution >= 4 is 39.8 Å². The quantitative estimate of drug-likeness (QED) is 0.310. The molecule has 0 bridgehead atoms. The van der Waals surface area contributed by atoms with E-state index in [0.29, 0.717) is 15.5 Å². The van der Waals surface area contributed by atoms with E-state index in [9.17, 15) is 0 Å². The third kappa shape index (κ3) is 4.31. The molecule has 1 aliphatic heterocycles. The van der Waals surface area contributed by atoms with Crippen LogP contribution in [-0.4, -0.2) is 25.4 Å². The first-order valence-electron chi connectivity index (χ1n) is 8.41. The second kappa shape index (κ2) is 7.26. The fraction of sp³-hybridized carbons (Fsp3) is 0.941. The summed E-state index contributed by atoms with van der Waals surface area (Å²) >= 11 is 8.42. The third-order valence-electron chi connectivity index (χ3n) is 5.11. The van der Waals surface area contributed by atoms with Gasteiger partial charge in [-0.3, -0.25) is 0 Å². The fourth-order valence-electron chi connectivity index (χ4n) is 4.18. The monoisotopic (exact) mass is 407 g/mol. The first-order chi connectivity index (χ1) is 9.41. The van der Waals surface area contributed by atoms with Crippen molar-refractivity contribution in [3.8, 4) is 0 Å². The Bertz CT molecular complexity index is 340. The molecule has 116 valence electrons. The summed E-state index contributed by atoms with van der Waals surface area (Å²) in [5.74, 6) is 0.851. The van der Waals surface area contributed by atoms with Crippen molar-refractivity contribution in [2.75, 3.05) is 0 Å². The standard InChI is InChI=1S/C17H30INS/c1-13(2)19-15-8-6-4-5-7-11-17(3,18)12-14(15)9-10-16(19)20/h13-15H,4-12H2,1-3H3. The van der Waals surface area contributed by atoms with E-state index in [4.69, 9.17) is 12.2 Å². The van der Waals surface area contributed by atoms with Gasteiger partial charge in [-0.15, -0.1) is 0 Å². The van der Waals surface area contributed by atoms with E-state index in [1.807, 2.05) is 0 Å². The van der Waals surface area contributed by atoms with E-state index >= 15 is 0 Å². The molecule has 0 spiro atoms. The minimum absolute atomic E-state index is 0.486. The number of fused-ring (bicyclic) bond motifs is 1. The van der Waals surface area contributed by atoms with E-state index < -0.39 is 0 Å². The van der Waals surface area contributed by atoms with E-state index in [0.717, 1.165) is 12.3 Å². The highest BCUT2D eigenvalue weighted by Crippen LogP contribution is 2.41. The fourth-order valence-corrected chi connectivity index (χ4v) is 5.59. The number of piperidine rings is 1. The van der Waals surface area contributed by atoms with E-state index in [1.165, 1.54) is 56.4 Å². The van der Waals surface area contributed by atoms with Crippen molar-refractivity contribution in [3.05, 3.63) is 0 Å². The molecule has 3 atom stereocenters. The van der Waals surface area contributed by atoms with Gasteiger partial charge in [0.15, 0.2) is 0 Å². The van der Waals surface area contributed by atoms with E-state index in [-0.39, 0.29) is 0 Å². The van der Waals surface area contributed by atoms with E-state index in [1.54, 1.807) is 0 Å². The molecule has 20 heavy (non-hydrogen) atoms. The summed E-state index contributed by atoms with van der Waals surface area (Å²) in [7, 11) is 0. The summed E-state index contributed by atoms with van der Waals surface area (Å²) in [4.78, 5) is 3.83. The topological polar surface area (TPSA) is 3.24 Å². The van der Waals surface area contributed by atoms with Gasteiger partial charge in [-0.05, 0) is 51.9 Å². The Morgan fingerprint density at radius 3 is 2.60 bits per heavy atom. The lowest BCUT2D eigenvalue weighted by molar-refractivity contribution is 0.133. The van der Waals surface area contributed by atoms with Crippen LogP contribution in [0.4, 0.5) is 0 Å². The van der Waals surface area contributed by atoms with Crippen LogP contribution in [-0.2, 0) is 0 Å². The van der Waals surface area contributed by atoms with Gasteiger partial charge in [-0.25, -0.2) is 0 Å². The molecule has 0 radical (unpaired) electrons. The number of hydrogen-bond acceptors (Lipinski definition) is 1. The van der Waals surface area contributed by atoms with Crippen molar-refractivity contribution in [1.29, 1.82) is 0 Å². The van der Waals surface area contributed by atoms with Gasteiger partial charge in [0.05, 0.1) is 4.99 Å². The Morgan fingerprint density at radius 1 is 1.20 bits per heavy atom. The molecule has 1 aliphatic carbocycles. The maximum atomic E-state index is 5.69. The van der Waals surface area contributed by atoms with Crippen LogP contribution in [0.25, 0.3) is 0 Å². The Hall–Kier alpha value is 0.620. The molecule has 0 amide bonds. The lowest BCUT2D eigenvalue weighted by Gasteiger charge is -2.47. The molecule has 1 saturated carbocycles. The number of halogens is 1. The van der Waals surface area contributed by atoms with Gasteiger partial charge in [0.2, 0.25) is 0 Å². The Labute approximate surface area is 144 Å². The average Bonchev–Trinajstić information content (AvgIpc) is 2.35. The van der Waals surface area contributed by atoms with Crippen molar-refractivity contribution in [2.45, 2.75) is 94.1 Å². The number of nitrogens with zero attached hydrogens (tertiary/aromatic N) is 1. The molecule has 1 nitrogen and oxygen atoms in total. The summed E-state index contributed by atoms with van der Waals surface area (Å²) in [5, 5.41) is 0. The van der Waals surface area contributed by atoms with Crippen LogP contribution < -0.4 is 0 Å². The number of alkyl halides is 1. The molecule has 0 aromatic rings. The predicted octanol–water partition coefficient (Wildman–Crippen LogP) is 5.74. The molecular weight excluding hydrogens is 377 g/mol. The highest BCUT2D eigenvalue weighted by atomic mass is 127. The number of hydrogen-bond donors (Lipinski definition) is 0. The van der Waals surface area contributed by atoms with Crippen LogP contribution in [0.1, 0.15) is 78.6 Å². The summed E-state index contributed by atoms with van der Waals surface area (Å²) in [6.45, 7) is 7.10. The summed E-state index contributed by atoms with van der Waals surface area (Å²) in [6, 6.07) is 1.28. The van der Waals surface area contributed by atoms with Gasteiger partial charge >= 0.3 is 0 Å². The first kappa shape index (κ1) is 17.0. The van der Waals surface area contributed by atoms with Crippen molar-refractivity contribution < 1.29 is 0 Å². The van der Waals surface area contributed by atoms with Gasteiger partial charge in [-0.1, -0.05) is 67.4 Å². The summed E-state index contributed by atoms with van der Waals surface area (Å²) < 4.78 is 0.486. The van der Waals surface area contributed by atoms with Gasteiger partial charge in [0, 0.05) is 15.5 Å². The second-order valence-corrected chi connectivity index (χ2v) is 10.4. The molecule has 3 heteroatoms. The molecule has 2 aliphatic rings. The van der Waals surface area contributed by atoms with Crippen molar-refractivity contribution in [3.63, 3.8) is 0 Å². The maximum Gasteiger partial charge on any atom is 0.0784 e. The summed E-state index contributed by atoms with van der Waals surface area (Å²) in [6.07, 6.45) is 12.2. The number of likely N-dealkylation sites (tertiary alicyclic amines) is 1. The first-order valence-corrected chi connectivity index (χ1v) is 9.89. The van der Waals surface area contributed by atoms with Crippen LogP contribution >= 0.6 is 34.8 Å².